The number of piperazine rings is 1. The van der Waals surface area contributed by atoms with Crippen molar-refractivity contribution in [3.05, 3.63) is 108 Å². The number of likely N-dealkylation sites (N-methyl/N-ethyl adjacent to an activating group) is 1. The summed E-state index contributed by atoms with van der Waals surface area (Å²) in [6.07, 6.45) is -0.152. The van der Waals surface area contributed by atoms with E-state index in [9.17, 15) is 14.4 Å². The summed E-state index contributed by atoms with van der Waals surface area (Å²) in [5, 5.41) is 8.93. The molecular weight excluding hydrogens is 566 g/mol. The number of alkyl carbamates (subject to hydrolysis) is 1. The van der Waals surface area contributed by atoms with E-state index in [2.05, 4.69) is 33.0 Å². The van der Waals surface area contributed by atoms with Crippen molar-refractivity contribution < 1.29 is 19.1 Å². The third kappa shape index (κ3) is 10.2. The number of nitrogens with one attached hydrogen (secondary N) is 3. The summed E-state index contributed by atoms with van der Waals surface area (Å²) in [7, 11) is 1.70. The summed E-state index contributed by atoms with van der Waals surface area (Å²) in [6.45, 7) is 7.54. The number of ether oxygens (including phenoxy) is 1. The summed E-state index contributed by atoms with van der Waals surface area (Å²) in [4.78, 5) is 44.1. The second-order valence-corrected chi connectivity index (χ2v) is 12.1. The summed E-state index contributed by atoms with van der Waals surface area (Å²) in [5.74, 6) is -0.681. The van der Waals surface area contributed by atoms with E-state index in [0.29, 0.717) is 39.0 Å². The average molecular weight is 614 g/mol. The number of benzene rings is 3. The van der Waals surface area contributed by atoms with Gasteiger partial charge in [-0.3, -0.25) is 14.5 Å². The van der Waals surface area contributed by atoms with Crippen LogP contribution in [0.25, 0.3) is 0 Å². The zero-order valence-corrected chi connectivity index (χ0v) is 26.8. The second-order valence-electron chi connectivity index (χ2n) is 12.1. The minimum absolute atomic E-state index is 0.163. The van der Waals surface area contributed by atoms with Gasteiger partial charge in [-0.2, -0.15) is 0 Å². The van der Waals surface area contributed by atoms with Crippen LogP contribution in [-0.4, -0.2) is 78.7 Å². The first kappa shape index (κ1) is 33.7. The van der Waals surface area contributed by atoms with E-state index in [-0.39, 0.29) is 23.8 Å². The Labute approximate surface area is 267 Å². The quantitative estimate of drug-likeness (QED) is 0.270. The second kappa shape index (κ2) is 16.7. The Morgan fingerprint density at radius 1 is 0.778 bits per heavy atom. The molecule has 0 bridgehead atoms. The van der Waals surface area contributed by atoms with Crippen LogP contribution in [-0.2, 0) is 33.7 Å². The first-order valence-electron chi connectivity index (χ1n) is 15.8. The molecule has 4 rings (SSSR count). The molecule has 1 saturated heterocycles. The zero-order valence-electron chi connectivity index (χ0n) is 26.8. The van der Waals surface area contributed by atoms with Crippen molar-refractivity contribution in [3.8, 4) is 0 Å². The maximum Gasteiger partial charge on any atom is 0.409 e. The van der Waals surface area contributed by atoms with Gasteiger partial charge in [0.05, 0.1) is 12.6 Å². The van der Waals surface area contributed by atoms with Crippen LogP contribution in [0.3, 0.4) is 0 Å². The van der Waals surface area contributed by atoms with Crippen LogP contribution in [0, 0.1) is 5.92 Å². The molecule has 3 amide bonds. The van der Waals surface area contributed by atoms with Crippen LogP contribution in [0.1, 0.15) is 37.5 Å². The summed E-state index contributed by atoms with van der Waals surface area (Å²) >= 11 is 0. The van der Waals surface area contributed by atoms with Crippen molar-refractivity contribution in [3.63, 3.8) is 0 Å². The van der Waals surface area contributed by atoms with E-state index >= 15 is 0 Å². The molecule has 0 saturated carbocycles. The van der Waals surface area contributed by atoms with Gasteiger partial charge < -0.3 is 25.6 Å². The van der Waals surface area contributed by atoms with E-state index in [0.717, 1.165) is 16.7 Å². The van der Waals surface area contributed by atoms with Crippen molar-refractivity contribution in [2.24, 2.45) is 5.92 Å². The molecule has 3 atom stereocenters. The third-order valence-electron chi connectivity index (χ3n) is 8.22. The lowest BCUT2D eigenvalue weighted by Crippen LogP contribution is -2.62. The van der Waals surface area contributed by atoms with Gasteiger partial charge in [-0.25, -0.2) is 4.79 Å². The first-order chi connectivity index (χ1) is 21.7. The normalized spacial score (nSPS) is 16.7. The lowest BCUT2D eigenvalue weighted by atomic mass is 9.99. The molecule has 3 N–H and O–H groups in total. The van der Waals surface area contributed by atoms with Gasteiger partial charge in [0.1, 0.15) is 6.04 Å². The maximum absolute atomic E-state index is 14.0. The topological polar surface area (TPSA) is 103 Å². The molecule has 0 aromatic heterocycles. The molecule has 1 heterocycles. The standard InChI is InChI=1S/C36H47N5O4/c1-26(2)33(39-34(42)27(3)37-4)35(43)41-21-20-40(24-30-18-12-7-13-19-30)25-32(41)45-36(44)38-31(22-28-14-8-5-9-15-28)23-29-16-10-6-11-17-29/h5-19,26-27,31-33,37H,20-25H2,1-4H3,(H,38,44)(H,39,42)/t27-,32-,33-/m0/s1. The fourth-order valence-electron chi connectivity index (χ4n) is 5.54. The molecule has 0 unspecified atom stereocenters. The Hall–Kier alpha value is -4.21. The van der Waals surface area contributed by atoms with Crippen molar-refractivity contribution in [1.29, 1.82) is 0 Å². The van der Waals surface area contributed by atoms with Crippen molar-refractivity contribution in [1.82, 2.24) is 25.8 Å². The highest BCUT2D eigenvalue weighted by Crippen LogP contribution is 2.19. The van der Waals surface area contributed by atoms with Crippen LogP contribution in [0.15, 0.2) is 91.0 Å². The zero-order chi connectivity index (χ0) is 32.2. The number of carbonyl (C=O) groups excluding carboxylic acids is 3. The van der Waals surface area contributed by atoms with Gasteiger partial charge in [-0.05, 0) is 49.4 Å². The predicted octanol–water partition coefficient (Wildman–Crippen LogP) is 3.99. The Kier molecular flexibility index (Phi) is 12.5. The van der Waals surface area contributed by atoms with Gasteiger partial charge in [0, 0.05) is 25.7 Å². The number of carbonyl (C=O) groups is 3. The highest BCUT2D eigenvalue weighted by molar-refractivity contribution is 5.90. The van der Waals surface area contributed by atoms with Gasteiger partial charge in [0.2, 0.25) is 11.8 Å². The largest absolute Gasteiger partial charge is 0.424 e. The van der Waals surface area contributed by atoms with Gasteiger partial charge in [-0.1, -0.05) is 105 Å². The Balaban J connectivity index is 1.52. The number of hydrogen-bond acceptors (Lipinski definition) is 6. The fraction of sp³-hybridized carbons (Fsp3) is 0.417. The molecule has 9 nitrogen and oxygen atoms in total. The van der Waals surface area contributed by atoms with E-state index in [1.54, 1.807) is 18.9 Å². The van der Waals surface area contributed by atoms with E-state index < -0.39 is 24.4 Å². The summed E-state index contributed by atoms with van der Waals surface area (Å²) in [5.41, 5.74) is 3.35. The number of hydrogen-bond donors (Lipinski definition) is 3. The van der Waals surface area contributed by atoms with Crippen molar-refractivity contribution >= 4 is 17.9 Å². The van der Waals surface area contributed by atoms with Crippen LogP contribution in [0.5, 0.6) is 0 Å². The average Bonchev–Trinajstić information content (AvgIpc) is 3.04. The Morgan fingerprint density at radius 2 is 1.31 bits per heavy atom. The molecular formula is C36H47N5O4. The fourth-order valence-corrected chi connectivity index (χ4v) is 5.54. The van der Waals surface area contributed by atoms with E-state index in [1.807, 2.05) is 92.7 Å². The highest BCUT2D eigenvalue weighted by atomic mass is 16.6. The summed E-state index contributed by atoms with van der Waals surface area (Å²) in [6, 6.07) is 28.7. The lowest BCUT2D eigenvalue weighted by molar-refractivity contribution is -0.153. The third-order valence-corrected chi connectivity index (χ3v) is 8.22. The van der Waals surface area contributed by atoms with Crippen molar-refractivity contribution in [2.45, 2.75) is 64.5 Å². The van der Waals surface area contributed by atoms with E-state index in [4.69, 9.17) is 4.74 Å². The molecule has 0 radical (unpaired) electrons. The highest BCUT2D eigenvalue weighted by Gasteiger charge is 2.38. The number of nitrogens with zero attached hydrogens (tertiary/aromatic N) is 2. The Bertz CT molecular complexity index is 1310. The molecule has 9 heteroatoms. The predicted molar refractivity (Wildman–Crippen MR) is 176 cm³/mol. The molecule has 240 valence electrons. The minimum Gasteiger partial charge on any atom is -0.424 e. The van der Waals surface area contributed by atoms with Gasteiger partial charge in [0.25, 0.3) is 0 Å². The number of amides is 3. The SMILES string of the molecule is CN[C@@H](C)C(=O)N[C@H](C(=O)N1CCN(Cc2ccccc2)C[C@@H]1OC(=O)NC(Cc1ccccc1)Cc1ccccc1)C(C)C. The molecule has 0 aliphatic carbocycles. The van der Waals surface area contributed by atoms with E-state index in [1.165, 1.54) is 0 Å². The molecule has 1 aliphatic heterocycles. The monoisotopic (exact) mass is 613 g/mol. The number of rotatable bonds is 13. The van der Waals surface area contributed by atoms with Crippen LogP contribution in [0.2, 0.25) is 0 Å². The molecule has 1 aliphatic rings. The van der Waals surface area contributed by atoms with Gasteiger partial charge >= 0.3 is 6.09 Å². The van der Waals surface area contributed by atoms with Crippen LogP contribution < -0.4 is 16.0 Å². The van der Waals surface area contributed by atoms with Crippen LogP contribution >= 0.6 is 0 Å². The molecule has 3 aromatic carbocycles. The van der Waals surface area contributed by atoms with Gasteiger partial charge in [-0.15, -0.1) is 0 Å². The Morgan fingerprint density at radius 3 is 1.82 bits per heavy atom. The molecule has 45 heavy (non-hydrogen) atoms. The molecule has 3 aromatic rings. The summed E-state index contributed by atoms with van der Waals surface area (Å²) < 4.78 is 6.09. The minimum atomic E-state index is -0.830. The van der Waals surface area contributed by atoms with Gasteiger partial charge in [0.15, 0.2) is 6.23 Å². The van der Waals surface area contributed by atoms with Crippen molar-refractivity contribution in [2.75, 3.05) is 26.7 Å². The maximum atomic E-state index is 14.0. The molecule has 1 fully saturated rings. The van der Waals surface area contributed by atoms with Crippen LogP contribution in [0.4, 0.5) is 4.79 Å². The first-order valence-corrected chi connectivity index (χ1v) is 15.8. The molecule has 0 spiro atoms. The smallest absolute Gasteiger partial charge is 0.409 e. The lowest BCUT2D eigenvalue weighted by Gasteiger charge is -2.42.